The molecule has 98 valence electrons. The van der Waals surface area contributed by atoms with Crippen LogP contribution in [0.2, 0.25) is 0 Å². The highest BCUT2D eigenvalue weighted by Crippen LogP contribution is 2.00. The predicted octanol–water partition coefficient (Wildman–Crippen LogP) is 0.761. The normalized spacial score (nSPS) is 11.4. The second-order valence-corrected chi connectivity index (χ2v) is 3.59. The molecule has 0 bridgehead atoms. The molecule has 1 aromatic carbocycles. The minimum atomic E-state index is -0.819. The van der Waals surface area contributed by atoms with E-state index in [4.69, 9.17) is 10.5 Å². The van der Waals surface area contributed by atoms with Gasteiger partial charge in [-0.05, 0) is 5.56 Å². The van der Waals surface area contributed by atoms with Gasteiger partial charge >= 0.3 is 12.1 Å². The summed E-state index contributed by atoms with van der Waals surface area (Å²) in [6.45, 7) is 0.150. The Hall–Kier alpha value is -2.08. The number of nitrogens with two attached hydrogens (primary N) is 1. The van der Waals surface area contributed by atoms with Gasteiger partial charge in [0.15, 0.2) is 0 Å². The average molecular weight is 252 g/mol. The third-order valence-electron chi connectivity index (χ3n) is 2.13. The van der Waals surface area contributed by atoms with E-state index in [1.165, 1.54) is 7.11 Å². The first-order valence-electron chi connectivity index (χ1n) is 5.41. The first kappa shape index (κ1) is 14.0. The lowest BCUT2D eigenvalue weighted by Crippen LogP contribution is -2.43. The van der Waals surface area contributed by atoms with E-state index in [0.717, 1.165) is 5.56 Å². The summed E-state index contributed by atoms with van der Waals surface area (Å²) in [6, 6.07) is 9.23. The van der Waals surface area contributed by atoms with E-state index in [9.17, 15) is 9.59 Å². The lowest BCUT2D eigenvalue weighted by Gasteiger charge is -2.12. The Bertz CT molecular complexity index is 394. The molecular weight excluding hydrogens is 236 g/mol. The summed E-state index contributed by atoms with van der Waals surface area (Å²) in [5.74, 6) is -0.495. The van der Waals surface area contributed by atoms with Crippen LogP contribution in [-0.2, 0) is 20.9 Å². The van der Waals surface area contributed by atoms with Crippen molar-refractivity contribution < 1.29 is 19.1 Å². The molecule has 6 heteroatoms. The third kappa shape index (κ3) is 5.31. The molecule has 0 saturated heterocycles. The van der Waals surface area contributed by atoms with Crippen LogP contribution in [0.15, 0.2) is 30.3 Å². The molecule has 1 atom stereocenters. The summed E-state index contributed by atoms with van der Waals surface area (Å²) in [4.78, 5) is 22.2. The molecule has 0 aromatic heterocycles. The van der Waals surface area contributed by atoms with Gasteiger partial charge in [-0.1, -0.05) is 30.3 Å². The summed E-state index contributed by atoms with van der Waals surface area (Å²) in [5.41, 5.74) is 6.38. The molecule has 1 amide bonds. The summed E-state index contributed by atoms with van der Waals surface area (Å²) in [6.07, 6.45) is -1.59. The Labute approximate surface area is 105 Å². The second-order valence-electron chi connectivity index (χ2n) is 3.59. The van der Waals surface area contributed by atoms with Crippen LogP contribution in [-0.4, -0.2) is 25.3 Å². The van der Waals surface area contributed by atoms with Crippen LogP contribution in [0.5, 0.6) is 0 Å². The molecule has 18 heavy (non-hydrogen) atoms. The fourth-order valence-electron chi connectivity index (χ4n) is 1.23. The van der Waals surface area contributed by atoms with Crippen LogP contribution < -0.4 is 11.1 Å². The lowest BCUT2D eigenvalue weighted by atomic mass is 10.2. The zero-order valence-corrected chi connectivity index (χ0v) is 10.1. The number of hydrogen-bond donors (Lipinski definition) is 2. The third-order valence-corrected chi connectivity index (χ3v) is 2.13. The average Bonchev–Trinajstić information content (AvgIpc) is 2.37. The minimum Gasteiger partial charge on any atom is -0.469 e. The molecule has 0 radical (unpaired) electrons. The largest absolute Gasteiger partial charge is 0.469 e. The highest BCUT2D eigenvalue weighted by atomic mass is 16.5. The number of carbonyl (C=O) groups is 2. The summed E-state index contributed by atoms with van der Waals surface area (Å²) >= 11 is 0. The van der Waals surface area contributed by atoms with Crippen molar-refractivity contribution in [3.63, 3.8) is 0 Å². The maximum absolute atomic E-state index is 11.3. The Morgan fingerprint density at radius 3 is 2.61 bits per heavy atom. The van der Waals surface area contributed by atoms with Crippen LogP contribution in [0, 0.1) is 0 Å². The number of benzene rings is 1. The predicted molar refractivity (Wildman–Crippen MR) is 64.4 cm³/mol. The van der Waals surface area contributed by atoms with Crippen molar-refractivity contribution in [2.75, 3.05) is 7.11 Å². The van der Waals surface area contributed by atoms with Gasteiger partial charge < -0.3 is 20.5 Å². The van der Waals surface area contributed by atoms with Crippen LogP contribution in [0.3, 0.4) is 0 Å². The van der Waals surface area contributed by atoms with Gasteiger partial charge in [0.05, 0.1) is 19.7 Å². The van der Waals surface area contributed by atoms with E-state index in [2.05, 4.69) is 10.1 Å². The number of ether oxygens (including phenoxy) is 2. The van der Waals surface area contributed by atoms with E-state index in [-0.39, 0.29) is 13.0 Å². The van der Waals surface area contributed by atoms with Crippen LogP contribution in [0.4, 0.5) is 4.79 Å². The Morgan fingerprint density at radius 2 is 2.00 bits per heavy atom. The summed E-state index contributed by atoms with van der Waals surface area (Å²) in [7, 11) is 1.25. The molecule has 1 aromatic rings. The monoisotopic (exact) mass is 252 g/mol. The number of alkyl carbamates (subject to hydrolysis) is 1. The number of amides is 1. The zero-order chi connectivity index (χ0) is 13.4. The van der Waals surface area contributed by atoms with Crippen molar-refractivity contribution >= 4 is 12.1 Å². The minimum absolute atomic E-state index is 0.100. The zero-order valence-electron chi connectivity index (χ0n) is 10.1. The van der Waals surface area contributed by atoms with E-state index >= 15 is 0 Å². The van der Waals surface area contributed by atoms with Gasteiger partial charge in [0.1, 0.15) is 6.61 Å². The molecule has 1 rings (SSSR count). The van der Waals surface area contributed by atoms with Gasteiger partial charge in [-0.25, -0.2) is 4.79 Å². The first-order valence-corrected chi connectivity index (χ1v) is 5.41. The molecule has 0 aliphatic carbocycles. The number of rotatable bonds is 5. The van der Waals surface area contributed by atoms with Gasteiger partial charge in [-0.15, -0.1) is 0 Å². The van der Waals surface area contributed by atoms with Crippen molar-refractivity contribution in [3.05, 3.63) is 35.9 Å². The standard InChI is InChI=1S/C12H16N2O4/c1-17-11(15)7-10(13)14-12(16)18-8-9-5-3-2-4-6-9/h2-6,10H,7-8,13H2,1H3,(H,14,16)/t10-/m1/s1. The van der Waals surface area contributed by atoms with E-state index in [1.807, 2.05) is 30.3 Å². The van der Waals surface area contributed by atoms with Crippen molar-refractivity contribution in [1.82, 2.24) is 5.32 Å². The summed E-state index contributed by atoms with van der Waals surface area (Å²) < 4.78 is 9.35. The molecular formula is C12H16N2O4. The molecule has 0 unspecified atom stereocenters. The Kier molecular flexibility index (Phi) is 5.66. The van der Waals surface area contributed by atoms with E-state index in [0.29, 0.717) is 0 Å². The maximum atomic E-state index is 11.3. The molecule has 0 aliphatic heterocycles. The molecule has 0 heterocycles. The topological polar surface area (TPSA) is 90.6 Å². The van der Waals surface area contributed by atoms with Crippen LogP contribution >= 0.6 is 0 Å². The number of methoxy groups -OCH3 is 1. The molecule has 6 nitrogen and oxygen atoms in total. The van der Waals surface area contributed by atoms with Crippen LogP contribution in [0.25, 0.3) is 0 Å². The van der Waals surface area contributed by atoms with Crippen molar-refractivity contribution in [1.29, 1.82) is 0 Å². The molecule has 3 N–H and O–H groups in total. The molecule has 0 aliphatic rings. The Balaban J connectivity index is 2.27. The molecule has 0 saturated carbocycles. The van der Waals surface area contributed by atoms with Crippen LogP contribution in [0.1, 0.15) is 12.0 Å². The summed E-state index contributed by atoms with van der Waals surface area (Å²) in [5, 5.41) is 2.33. The molecule has 0 spiro atoms. The maximum Gasteiger partial charge on any atom is 0.408 e. The number of esters is 1. The van der Waals surface area contributed by atoms with Crippen molar-refractivity contribution in [2.45, 2.75) is 19.2 Å². The van der Waals surface area contributed by atoms with Crippen molar-refractivity contribution in [2.24, 2.45) is 5.73 Å². The number of carbonyl (C=O) groups excluding carboxylic acids is 2. The highest BCUT2D eigenvalue weighted by molar-refractivity contribution is 5.72. The lowest BCUT2D eigenvalue weighted by molar-refractivity contribution is -0.141. The van der Waals surface area contributed by atoms with Gasteiger partial charge in [-0.2, -0.15) is 0 Å². The van der Waals surface area contributed by atoms with Gasteiger partial charge in [0, 0.05) is 0 Å². The first-order chi connectivity index (χ1) is 8.61. The molecule has 0 fully saturated rings. The van der Waals surface area contributed by atoms with Gasteiger partial charge in [0.2, 0.25) is 0 Å². The van der Waals surface area contributed by atoms with Crippen molar-refractivity contribution in [3.8, 4) is 0 Å². The smallest absolute Gasteiger partial charge is 0.408 e. The van der Waals surface area contributed by atoms with Gasteiger partial charge in [-0.3, -0.25) is 4.79 Å². The SMILES string of the molecule is COC(=O)C[C@H](N)NC(=O)OCc1ccccc1. The highest BCUT2D eigenvalue weighted by Gasteiger charge is 2.13. The second kappa shape index (κ2) is 7.29. The number of hydrogen-bond acceptors (Lipinski definition) is 5. The fourth-order valence-corrected chi connectivity index (χ4v) is 1.23. The van der Waals surface area contributed by atoms with E-state index < -0.39 is 18.2 Å². The Morgan fingerprint density at radius 1 is 1.33 bits per heavy atom. The van der Waals surface area contributed by atoms with E-state index in [1.54, 1.807) is 0 Å². The fraction of sp³-hybridized carbons (Fsp3) is 0.333. The number of nitrogens with one attached hydrogen (secondary N) is 1. The van der Waals surface area contributed by atoms with Gasteiger partial charge in [0.25, 0.3) is 0 Å². The quantitative estimate of drug-likeness (QED) is 0.596.